The quantitative estimate of drug-likeness (QED) is 0.732. The standard InChI is InChI=1S/C12H15N3O3/c16-10(13-12(5-6-12)11(17)18)9-7-3-1-2-4-8(7)14-15-9/h1-6H2,(H,13,16)(H,14,15)(H,17,18). The van der Waals surface area contributed by atoms with Crippen molar-refractivity contribution in [1.29, 1.82) is 0 Å². The van der Waals surface area contributed by atoms with E-state index in [2.05, 4.69) is 15.5 Å². The maximum Gasteiger partial charge on any atom is 0.329 e. The fourth-order valence-electron chi connectivity index (χ4n) is 2.46. The smallest absolute Gasteiger partial charge is 0.329 e. The summed E-state index contributed by atoms with van der Waals surface area (Å²) in [6.45, 7) is 0. The molecule has 0 atom stereocenters. The summed E-state index contributed by atoms with van der Waals surface area (Å²) in [7, 11) is 0. The highest BCUT2D eigenvalue weighted by atomic mass is 16.4. The van der Waals surface area contributed by atoms with Crippen LogP contribution in [0.5, 0.6) is 0 Å². The fraction of sp³-hybridized carbons (Fsp3) is 0.583. The highest BCUT2D eigenvalue weighted by Crippen LogP contribution is 2.36. The predicted octanol–water partition coefficient (Wildman–Crippen LogP) is 0.635. The van der Waals surface area contributed by atoms with Gasteiger partial charge in [-0.1, -0.05) is 0 Å². The molecule has 1 amide bonds. The second-order valence-corrected chi connectivity index (χ2v) is 5.08. The third-order valence-electron chi connectivity index (χ3n) is 3.78. The number of fused-ring (bicyclic) bond motifs is 1. The summed E-state index contributed by atoms with van der Waals surface area (Å²) in [5.41, 5.74) is 1.31. The molecule has 1 aromatic rings. The number of aromatic amines is 1. The van der Waals surface area contributed by atoms with E-state index in [4.69, 9.17) is 5.11 Å². The van der Waals surface area contributed by atoms with Crippen LogP contribution in [0.25, 0.3) is 0 Å². The third-order valence-corrected chi connectivity index (χ3v) is 3.78. The first-order valence-electron chi connectivity index (χ1n) is 6.24. The first-order chi connectivity index (χ1) is 8.62. The van der Waals surface area contributed by atoms with Crippen LogP contribution in [0.1, 0.15) is 47.4 Å². The Morgan fingerprint density at radius 2 is 2.00 bits per heavy atom. The van der Waals surface area contributed by atoms with Crippen molar-refractivity contribution in [3.63, 3.8) is 0 Å². The largest absolute Gasteiger partial charge is 0.480 e. The highest BCUT2D eigenvalue weighted by Gasteiger charge is 2.52. The van der Waals surface area contributed by atoms with Gasteiger partial charge in [-0.05, 0) is 38.5 Å². The molecule has 18 heavy (non-hydrogen) atoms. The number of amides is 1. The topological polar surface area (TPSA) is 95.1 Å². The maximum atomic E-state index is 12.1. The number of aliphatic carboxylic acids is 1. The van der Waals surface area contributed by atoms with E-state index in [0.717, 1.165) is 36.9 Å². The Bertz CT molecular complexity index is 517. The first-order valence-corrected chi connectivity index (χ1v) is 6.24. The molecule has 0 radical (unpaired) electrons. The normalized spacial score (nSPS) is 20.0. The van der Waals surface area contributed by atoms with E-state index < -0.39 is 11.5 Å². The summed E-state index contributed by atoms with van der Waals surface area (Å²) in [5, 5.41) is 18.6. The lowest BCUT2D eigenvalue weighted by Crippen LogP contribution is -2.43. The zero-order valence-corrected chi connectivity index (χ0v) is 9.95. The number of carboxylic acid groups (broad SMARTS) is 1. The van der Waals surface area contributed by atoms with E-state index >= 15 is 0 Å². The van der Waals surface area contributed by atoms with Crippen LogP contribution in [0.15, 0.2) is 0 Å². The summed E-state index contributed by atoms with van der Waals surface area (Å²) < 4.78 is 0. The average Bonchev–Trinajstić information content (AvgIpc) is 3.01. The van der Waals surface area contributed by atoms with E-state index in [1.165, 1.54) is 0 Å². The van der Waals surface area contributed by atoms with Crippen LogP contribution >= 0.6 is 0 Å². The number of hydrogen-bond acceptors (Lipinski definition) is 3. The SMILES string of the molecule is O=C(NC1(C(=O)O)CC1)c1n[nH]c2c1CCCC2. The lowest BCUT2D eigenvalue weighted by molar-refractivity contribution is -0.140. The molecule has 6 heteroatoms. The van der Waals surface area contributed by atoms with Gasteiger partial charge in [0.15, 0.2) is 5.69 Å². The molecule has 2 aliphatic rings. The van der Waals surface area contributed by atoms with Gasteiger partial charge in [0.2, 0.25) is 0 Å². The number of H-pyrrole nitrogens is 1. The van der Waals surface area contributed by atoms with Crippen molar-refractivity contribution in [1.82, 2.24) is 15.5 Å². The molecular weight excluding hydrogens is 234 g/mol. The molecule has 0 spiro atoms. The van der Waals surface area contributed by atoms with E-state index in [0.29, 0.717) is 18.5 Å². The zero-order chi connectivity index (χ0) is 12.8. The molecule has 0 unspecified atom stereocenters. The lowest BCUT2D eigenvalue weighted by Gasteiger charge is -2.14. The van der Waals surface area contributed by atoms with Gasteiger partial charge < -0.3 is 10.4 Å². The van der Waals surface area contributed by atoms with Crippen LogP contribution in [0, 0.1) is 0 Å². The monoisotopic (exact) mass is 249 g/mol. The van der Waals surface area contributed by atoms with Gasteiger partial charge >= 0.3 is 5.97 Å². The molecule has 2 aliphatic carbocycles. The summed E-state index contributed by atoms with van der Waals surface area (Å²) in [6, 6.07) is 0. The van der Waals surface area contributed by atoms with Crippen LogP contribution in [0.4, 0.5) is 0 Å². The van der Waals surface area contributed by atoms with Crippen molar-refractivity contribution in [3.05, 3.63) is 17.0 Å². The van der Waals surface area contributed by atoms with E-state index in [1.807, 2.05) is 0 Å². The molecule has 96 valence electrons. The van der Waals surface area contributed by atoms with Crippen LogP contribution in [0.2, 0.25) is 0 Å². The van der Waals surface area contributed by atoms with Gasteiger partial charge in [0.25, 0.3) is 5.91 Å². The molecule has 0 bridgehead atoms. The molecule has 3 rings (SSSR count). The van der Waals surface area contributed by atoms with Gasteiger partial charge in [0.1, 0.15) is 5.54 Å². The molecule has 1 aromatic heterocycles. The summed E-state index contributed by atoms with van der Waals surface area (Å²) in [4.78, 5) is 23.1. The molecule has 3 N–H and O–H groups in total. The van der Waals surface area contributed by atoms with Gasteiger partial charge in [-0.25, -0.2) is 4.79 Å². The molecule has 0 saturated heterocycles. The van der Waals surface area contributed by atoms with Crippen molar-refractivity contribution in [3.8, 4) is 0 Å². The Balaban J connectivity index is 1.81. The summed E-state index contributed by atoms with van der Waals surface area (Å²) in [5.74, 6) is -1.32. The minimum atomic E-state index is -1.04. The van der Waals surface area contributed by atoms with Gasteiger partial charge in [-0.2, -0.15) is 5.10 Å². The van der Waals surface area contributed by atoms with Crippen LogP contribution < -0.4 is 5.32 Å². The predicted molar refractivity (Wildman–Crippen MR) is 62.3 cm³/mol. The third kappa shape index (κ3) is 1.68. The van der Waals surface area contributed by atoms with Gasteiger partial charge in [0, 0.05) is 11.3 Å². The Labute approximate surface area is 104 Å². The molecule has 0 aliphatic heterocycles. The average molecular weight is 249 g/mol. The molecule has 1 heterocycles. The van der Waals surface area contributed by atoms with Crippen molar-refractivity contribution in [2.75, 3.05) is 0 Å². The molecule has 1 fully saturated rings. The van der Waals surface area contributed by atoms with Gasteiger partial charge in [-0.3, -0.25) is 9.89 Å². The van der Waals surface area contributed by atoms with Crippen molar-refractivity contribution < 1.29 is 14.7 Å². The second-order valence-electron chi connectivity index (χ2n) is 5.08. The number of nitrogens with one attached hydrogen (secondary N) is 2. The van der Waals surface area contributed by atoms with E-state index in [1.54, 1.807) is 0 Å². The van der Waals surface area contributed by atoms with Crippen molar-refractivity contribution >= 4 is 11.9 Å². The van der Waals surface area contributed by atoms with E-state index in [9.17, 15) is 9.59 Å². The number of aromatic nitrogens is 2. The molecule has 0 aromatic carbocycles. The zero-order valence-electron chi connectivity index (χ0n) is 9.95. The van der Waals surface area contributed by atoms with Crippen molar-refractivity contribution in [2.45, 2.75) is 44.1 Å². The Morgan fingerprint density at radius 1 is 1.28 bits per heavy atom. The number of rotatable bonds is 3. The Hall–Kier alpha value is -1.85. The molecular formula is C12H15N3O3. The first kappa shape index (κ1) is 11.3. The second kappa shape index (κ2) is 3.83. The number of carbonyl (C=O) groups is 2. The van der Waals surface area contributed by atoms with Gasteiger partial charge in [-0.15, -0.1) is 0 Å². The van der Waals surface area contributed by atoms with Crippen LogP contribution in [-0.4, -0.2) is 32.7 Å². The fourth-order valence-corrected chi connectivity index (χ4v) is 2.46. The minimum absolute atomic E-state index is 0.366. The van der Waals surface area contributed by atoms with Crippen molar-refractivity contribution in [2.24, 2.45) is 0 Å². The summed E-state index contributed by atoms with van der Waals surface area (Å²) in [6.07, 6.45) is 4.92. The summed E-state index contributed by atoms with van der Waals surface area (Å²) >= 11 is 0. The maximum absolute atomic E-state index is 12.1. The minimum Gasteiger partial charge on any atom is -0.480 e. The highest BCUT2D eigenvalue weighted by molar-refractivity contribution is 5.98. The lowest BCUT2D eigenvalue weighted by atomic mass is 9.95. The number of carbonyl (C=O) groups excluding carboxylic acids is 1. The number of aryl methyl sites for hydroxylation is 1. The van der Waals surface area contributed by atoms with Crippen LogP contribution in [0.3, 0.4) is 0 Å². The number of hydrogen-bond donors (Lipinski definition) is 3. The van der Waals surface area contributed by atoms with Crippen LogP contribution in [-0.2, 0) is 17.6 Å². The Morgan fingerprint density at radius 3 is 2.67 bits per heavy atom. The number of carboxylic acids is 1. The van der Waals surface area contributed by atoms with E-state index in [-0.39, 0.29) is 5.91 Å². The Kier molecular flexibility index (Phi) is 2.39. The molecule has 6 nitrogen and oxygen atoms in total. The van der Waals surface area contributed by atoms with Gasteiger partial charge in [0.05, 0.1) is 0 Å². The number of nitrogens with zero attached hydrogens (tertiary/aromatic N) is 1. The molecule has 1 saturated carbocycles.